The summed E-state index contributed by atoms with van der Waals surface area (Å²) in [7, 11) is 0. The van der Waals surface area contributed by atoms with E-state index in [4.69, 9.17) is 0 Å². The molecule has 0 bridgehead atoms. The van der Waals surface area contributed by atoms with Crippen LogP contribution in [0, 0.1) is 5.92 Å². The molecule has 0 aromatic rings. The number of alkyl halides is 4. The molecule has 0 amide bonds. The van der Waals surface area contributed by atoms with Crippen LogP contribution in [0.2, 0.25) is 0 Å². The van der Waals surface area contributed by atoms with Crippen molar-refractivity contribution in [2.24, 2.45) is 5.92 Å². The van der Waals surface area contributed by atoms with Gasteiger partial charge in [0.15, 0.2) is 0 Å². The van der Waals surface area contributed by atoms with Crippen LogP contribution in [0.1, 0.15) is 32.6 Å². The smallest absolute Gasteiger partial charge is 0.250 e. The van der Waals surface area contributed by atoms with E-state index in [2.05, 4.69) is 0 Å². The molecule has 0 spiro atoms. The van der Waals surface area contributed by atoms with Gasteiger partial charge in [0.2, 0.25) is 0 Å². The highest BCUT2D eigenvalue weighted by molar-refractivity contribution is 4.91. The number of hydrogen-bond donors (Lipinski definition) is 0. The summed E-state index contributed by atoms with van der Waals surface area (Å²) in [6, 6.07) is 0. The molecule has 0 heterocycles. The molecule has 0 saturated carbocycles. The van der Waals surface area contributed by atoms with E-state index in [0.29, 0.717) is 6.42 Å². The molecule has 84 valence electrons. The molecular formula is C10H16F4. The number of halogens is 4. The fourth-order valence-corrected chi connectivity index (χ4v) is 1.02. The minimum absolute atomic E-state index is 0.598. The summed E-state index contributed by atoms with van der Waals surface area (Å²) in [6.07, 6.45) is 1.39. The van der Waals surface area contributed by atoms with E-state index in [9.17, 15) is 17.6 Å². The highest BCUT2D eigenvalue weighted by Crippen LogP contribution is 2.27. The molecule has 0 saturated heterocycles. The Hall–Kier alpha value is -0.540. The Morgan fingerprint density at radius 2 is 1.86 bits per heavy atom. The molecule has 0 rings (SSSR count). The zero-order valence-corrected chi connectivity index (χ0v) is 8.28. The predicted molar refractivity (Wildman–Crippen MR) is 48.8 cm³/mol. The molecule has 0 aliphatic carbocycles. The van der Waals surface area contributed by atoms with Crippen LogP contribution in [0.3, 0.4) is 0 Å². The maximum atomic E-state index is 12.0. The molecule has 0 aliphatic rings. The van der Waals surface area contributed by atoms with Gasteiger partial charge in [-0.15, -0.1) is 0 Å². The normalized spacial score (nSPS) is 14.9. The van der Waals surface area contributed by atoms with Crippen LogP contribution >= 0.6 is 0 Å². The summed E-state index contributed by atoms with van der Waals surface area (Å²) in [6.45, 7) is 0.650. The van der Waals surface area contributed by atoms with Crippen LogP contribution in [0.25, 0.3) is 0 Å². The van der Waals surface area contributed by atoms with Crippen molar-refractivity contribution in [2.75, 3.05) is 6.67 Å². The van der Waals surface area contributed by atoms with Gasteiger partial charge < -0.3 is 0 Å². The Kier molecular flexibility index (Phi) is 6.58. The maximum Gasteiger partial charge on any atom is 0.397 e. The summed E-state index contributed by atoms with van der Waals surface area (Å²) in [5, 5.41) is 0. The minimum Gasteiger partial charge on any atom is -0.250 e. The van der Waals surface area contributed by atoms with Gasteiger partial charge in [-0.25, -0.2) is 0 Å². The molecule has 1 atom stereocenters. The van der Waals surface area contributed by atoms with E-state index in [1.165, 1.54) is 6.08 Å². The Bertz CT molecular complexity index is 160. The van der Waals surface area contributed by atoms with Crippen LogP contribution in [-0.4, -0.2) is 12.9 Å². The Labute approximate surface area is 82.0 Å². The van der Waals surface area contributed by atoms with Gasteiger partial charge in [-0.2, -0.15) is 13.2 Å². The highest BCUT2D eigenvalue weighted by atomic mass is 19.4. The van der Waals surface area contributed by atoms with Gasteiger partial charge in [-0.1, -0.05) is 31.9 Å². The molecule has 4 heteroatoms. The topological polar surface area (TPSA) is 0 Å². The van der Waals surface area contributed by atoms with E-state index in [-0.39, 0.29) is 0 Å². The number of unbranched alkanes of at least 4 members (excludes halogenated alkanes) is 3. The van der Waals surface area contributed by atoms with Gasteiger partial charge in [0.25, 0.3) is 0 Å². The standard InChI is InChI=1S/C10H16F4/c1-2-3-4-5-6-7-9(8-11)10(12,13)14/h6-7,9H,2-5,8H2,1H3. The summed E-state index contributed by atoms with van der Waals surface area (Å²) in [4.78, 5) is 0. The first kappa shape index (κ1) is 13.5. The van der Waals surface area contributed by atoms with Crippen LogP contribution in [0.4, 0.5) is 17.6 Å². The maximum absolute atomic E-state index is 12.0. The van der Waals surface area contributed by atoms with Crippen molar-refractivity contribution in [3.8, 4) is 0 Å². The lowest BCUT2D eigenvalue weighted by molar-refractivity contribution is -0.164. The fourth-order valence-electron chi connectivity index (χ4n) is 1.02. The second-order valence-corrected chi connectivity index (χ2v) is 3.23. The Morgan fingerprint density at radius 3 is 2.29 bits per heavy atom. The SMILES string of the molecule is CCCCCC=CC(CF)C(F)(F)F. The van der Waals surface area contributed by atoms with Gasteiger partial charge >= 0.3 is 6.18 Å². The number of rotatable bonds is 6. The highest BCUT2D eigenvalue weighted by Gasteiger charge is 2.37. The van der Waals surface area contributed by atoms with Crippen LogP contribution in [0.15, 0.2) is 12.2 Å². The largest absolute Gasteiger partial charge is 0.397 e. The molecule has 1 unspecified atom stereocenters. The van der Waals surface area contributed by atoms with Crippen molar-refractivity contribution in [2.45, 2.75) is 38.8 Å². The third-order valence-electron chi connectivity index (χ3n) is 1.93. The van der Waals surface area contributed by atoms with Gasteiger partial charge in [0.05, 0.1) is 0 Å². The van der Waals surface area contributed by atoms with Crippen molar-refractivity contribution in [1.29, 1.82) is 0 Å². The van der Waals surface area contributed by atoms with Gasteiger partial charge in [-0.05, 0) is 12.8 Å². The van der Waals surface area contributed by atoms with E-state index < -0.39 is 18.8 Å². The lowest BCUT2D eigenvalue weighted by Gasteiger charge is -2.12. The van der Waals surface area contributed by atoms with Gasteiger partial charge in [0.1, 0.15) is 12.6 Å². The molecule has 0 fully saturated rings. The first-order valence-corrected chi connectivity index (χ1v) is 4.81. The van der Waals surface area contributed by atoms with Crippen molar-refractivity contribution >= 4 is 0 Å². The zero-order chi connectivity index (χ0) is 11.0. The van der Waals surface area contributed by atoms with Crippen molar-refractivity contribution < 1.29 is 17.6 Å². The third-order valence-corrected chi connectivity index (χ3v) is 1.93. The van der Waals surface area contributed by atoms with Crippen molar-refractivity contribution in [3.63, 3.8) is 0 Å². The first-order chi connectivity index (χ1) is 6.52. The summed E-state index contributed by atoms with van der Waals surface area (Å²) < 4.78 is 48.0. The summed E-state index contributed by atoms with van der Waals surface area (Å²) in [5.41, 5.74) is 0. The number of hydrogen-bond acceptors (Lipinski definition) is 0. The first-order valence-electron chi connectivity index (χ1n) is 4.81. The van der Waals surface area contributed by atoms with Crippen LogP contribution in [0.5, 0.6) is 0 Å². The second-order valence-electron chi connectivity index (χ2n) is 3.23. The molecular weight excluding hydrogens is 196 g/mol. The van der Waals surface area contributed by atoms with E-state index in [0.717, 1.165) is 25.3 Å². The molecule has 0 N–H and O–H groups in total. The van der Waals surface area contributed by atoms with Gasteiger partial charge in [-0.3, -0.25) is 4.39 Å². The zero-order valence-electron chi connectivity index (χ0n) is 8.28. The molecule has 0 radical (unpaired) electrons. The van der Waals surface area contributed by atoms with Crippen molar-refractivity contribution in [1.82, 2.24) is 0 Å². The number of allylic oxidation sites excluding steroid dienone is 2. The van der Waals surface area contributed by atoms with Crippen molar-refractivity contribution in [3.05, 3.63) is 12.2 Å². The Morgan fingerprint density at radius 1 is 1.21 bits per heavy atom. The lowest BCUT2D eigenvalue weighted by atomic mass is 10.1. The summed E-state index contributed by atoms with van der Waals surface area (Å²) in [5.74, 6) is -1.93. The van der Waals surface area contributed by atoms with E-state index >= 15 is 0 Å². The van der Waals surface area contributed by atoms with Crippen LogP contribution < -0.4 is 0 Å². The third kappa shape index (κ3) is 6.00. The quantitative estimate of drug-likeness (QED) is 0.350. The summed E-state index contributed by atoms with van der Waals surface area (Å²) >= 11 is 0. The minimum atomic E-state index is -4.45. The van der Waals surface area contributed by atoms with Crippen LogP contribution in [-0.2, 0) is 0 Å². The van der Waals surface area contributed by atoms with Gasteiger partial charge in [0, 0.05) is 0 Å². The molecule has 0 aromatic carbocycles. The average Bonchev–Trinajstić information content (AvgIpc) is 2.09. The average molecular weight is 212 g/mol. The fraction of sp³-hybridized carbons (Fsp3) is 0.800. The molecule has 0 nitrogen and oxygen atoms in total. The monoisotopic (exact) mass is 212 g/mol. The Balaban J connectivity index is 3.82. The van der Waals surface area contributed by atoms with E-state index in [1.54, 1.807) is 0 Å². The predicted octanol–water partition coefficient (Wildman–Crippen LogP) is 4.27. The molecule has 0 aromatic heterocycles. The van der Waals surface area contributed by atoms with E-state index in [1.807, 2.05) is 6.92 Å². The molecule has 0 aliphatic heterocycles. The molecule has 14 heavy (non-hydrogen) atoms. The second kappa shape index (κ2) is 6.85. The lowest BCUT2D eigenvalue weighted by Crippen LogP contribution is -2.22.